The molecular formula is C24H17BN2O2. The van der Waals surface area contributed by atoms with E-state index in [2.05, 4.69) is 52.1 Å². The van der Waals surface area contributed by atoms with E-state index in [9.17, 15) is 9.93 Å². The normalized spacial score (nSPS) is 11.1. The number of hydrogen-bond acceptors (Lipinski definition) is 3. The highest BCUT2D eigenvalue weighted by molar-refractivity contribution is 6.64. The quantitative estimate of drug-likeness (QED) is 0.358. The molecule has 1 N–H and O–H groups in total. The molecule has 5 rings (SSSR count). The van der Waals surface area contributed by atoms with Gasteiger partial charge in [-0.25, -0.2) is 0 Å². The molecule has 0 bridgehead atoms. The summed E-state index contributed by atoms with van der Waals surface area (Å²) < 4.78 is 2.20. The van der Waals surface area contributed by atoms with Crippen LogP contribution in [0.2, 0.25) is 0 Å². The molecule has 1 aromatic heterocycles. The van der Waals surface area contributed by atoms with Crippen LogP contribution in [0, 0.1) is 4.91 Å². The predicted molar refractivity (Wildman–Crippen MR) is 120 cm³/mol. The third-order valence-electron chi connectivity index (χ3n) is 5.31. The van der Waals surface area contributed by atoms with Crippen molar-refractivity contribution in [3.63, 3.8) is 0 Å². The molecule has 0 radical (unpaired) electrons. The molecule has 4 nitrogen and oxygen atoms in total. The molecule has 4 aromatic carbocycles. The summed E-state index contributed by atoms with van der Waals surface area (Å²) in [5.41, 5.74) is 5.88. The van der Waals surface area contributed by atoms with Crippen molar-refractivity contribution >= 4 is 34.3 Å². The van der Waals surface area contributed by atoms with Crippen LogP contribution in [0.25, 0.3) is 38.6 Å². The maximum Gasteiger partial charge on any atom is 0.517 e. The monoisotopic (exact) mass is 376 g/mol. The molecule has 5 aromatic rings. The van der Waals surface area contributed by atoms with Gasteiger partial charge < -0.3 is 9.59 Å². The van der Waals surface area contributed by atoms with Gasteiger partial charge in [-0.15, -0.1) is 0 Å². The van der Waals surface area contributed by atoms with Crippen molar-refractivity contribution < 1.29 is 5.02 Å². The van der Waals surface area contributed by atoms with Crippen molar-refractivity contribution in [2.24, 2.45) is 5.09 Å². The lowest BCUT2D eigenvalue weighted by molar-refractivity contribution is 0.587. The zero-order valence-electron chi connectivity index (χ0n) is 15.6. The number of rotatable bonds is 4. The predicted octanol–water partition coefficient (Wildman–Crippen LogP) is 4.90. The highest BCUT2D eigenvalue weighted by Crippen LogP contribution is 2.34. The van der Waals surface area contributed by atoms with E-state index >= 15 is 0 Å². The summed E-state index contributed by atoms with van der Waals surface area (Å²) in [6.07, 6.45) is 0. The Morgan fingerprint density at radius 2 is 1.31 bits per heavy atom. The minimum Gasteiger partial charge on any atom is -0.425 e. The van der Waals surface area contributed by atoms with Gasteiger partial charge in [0.1, 0.15) is 0 Å². The molecule has 0 aliphatic rings. The molecule has 0 saturated heterocycles. The maximum atomic E-state index is 10.9. The van der Waals surface area contributed by atoms with E-state index < -0.39 is 7.05 Å². The summed E-state index contributed by atoms with van der Waals surface area (Å²) in [6.45, 7) is 0. The molecule has 138 valence electrons. The van der Waals surface area contributed by atoms with Crippen molar-refractivity contribution in [1.29, 1.82) is 0 Å². The molecular weight excluding hydrogens is 359 g/mol. The van der Waals surface area contributed by atoms with Gasteiger partial charge in [0.15, 0.2) is 0 Å². The maximum absolute atomic E-state index is 10.9. The number of nitrogens with zero attached hydrogens (tertiary/aromatic N) is 2. The zero-order chi connectivity index (χ0) is 19.8. The van der Waals surface area contributed by atoms with Crippen molar-refractivity contribution in [2.45, 2.75) is 0 Å². The number of aromatic nitrogens is 1. The van der Waals surface area contributed by atoms with Gasteiger partial charge in [-0.3, -0.25) is 0 Å². The van der Waals surface area contributed by atoms with Crippen molar-refractivity contribution in [2.75, 3.05) is 0 Å². The van der Waals surface area contributed by atoms with E-state index in [0.717, 1.165) is 38.6 Å². The molecule has 0 aliphatic heterocycles. The van der Waals surface area contributed by atoms with Crippen LogP contribution >= 0.6 is 0 Å². The lowest BCUT2D eigenvalue weighted by atomic mass is 9.75. The standard InChI is InChI=1S/C24H17BN2O2/c28-25(26-29)19-12-14-24-22(16-19)21-15-18(17-7-3-1-4-8-17)11-13-23(21)27(24)20-9-5-2-6-10-20/h1-16,28H. The second kappa shape index (κ2) is 7.04. The Labute approximate surface area is 168 Å². The lowest BCUT2D eigenvalue weighted by Crippen LogP contribution is -2.27. The van der Waals surface area contributed by atoms with Crippen LogP contribution in [0.3, 0.4) is 0 Å². The summed E-state index contributed by atoms with van der Waals surface area (Å²) in [4.78, 5) is 10.9. The first-order chi connectivity index (χ1) is 14.3. The van der Waals surface area contributed by atoms with Gasteiger partial charge in [0.05, 0.1) is 11.0 Å². The highest BCUT2D eigenvalue weighted by atomic mass is 16.3. The third-order valence-corrected chi connectivity index (χ3v) is 5.31. The smallest absolute Gasteiger partial charge is 0.425 e. The van der Waals surface area contributed by atoms with E-state index in [4.69, 9.17) is 0 Å². The van der Waals surface area contributed by atoms with Crippen LogP contribution in [-0.4, -0.2) is 16.6 Å². The van der Waals surface area contributed by atoms with Crippen LogP contribution < -0.4 is 5.46 Å². The SMILES string of the molecule is O=NB(O)c1ccc2c(c1)c1cc(-c3ccccc3)ccc1n2-c1ccccc1. The Hall–Kier alpha value is -3.70. The number of fused-ring (bicyclic) bond motifs is 3. The summed E-state index contributed by atoms with van der Waals surface area (Å²) >= 11 is 0. The Kier molecular flexibility index (Phi) is 4.23. The van der Waals surface area contributed by atoms with Crippen LogP contribution in [0.15, 0.2) is 102 Å². The van der Waals surface area contributed by atoms with E-state index in [0.29, 0.717) is 5.46 Å². The van der Waals surface area contributed by atoms with E-state index in [1.807, 2.05) is 48.5 Å². The summed E-state index contributed by atoms with van der Waals surface area (Å²) in [5.74, 6) is 0. The second-order valence-electron chi connectivity index (χ2n) is 7.02. The van der Waals surface area contributed by atoms with Crippen molar-refractivity contribution in [3.05, 3.63) is 102 Å². The molecule has 0 unspecified atom stereocenters. The molecule has 0 atom stereocenters. The van der Waals surface area contributed by atoms with Gasteiger partial charge in [0.2, 0.25) is 0 Å². The first kappa shape index (κ1) is 17.4. The number of nitroso groups, excluding NO2 is 1. The molecule has 1 heterocycles. The number of hydrogen-bond donors (Lipinski definition) is 1. The molecule has 0 aliphatic carbocycles. The van der Waals surface area contributed by atoms with Gasteiger partial charge in [0.25, 0.3) is 0 Å². The molecule has 29 heavy (non-hydrogen) atoms. The largest absolute Gasteiger partial charge is 0.517 e. The summed E-state index contributed by atoms with van der Waals surface area (Å²) in [6, 6.07) is 32.4. The van der Waals surface area contributed by atoms with Gasteiger partial charge in [0, 0.05) is 16.5 Å². The third kappa shape index (κ3) is 2.92. The first-order valence-electron chi connectivity index (χ1n) is 9.46. The Morgan fingerprint density at radius 1 is 0.690 bits per heavy atom. The first-order valence-corrected chi connectivity index (χ1v) is 9.46. The fraction of sp³-hybridized carbons (Fsp3) is 0. The summed E-state index contributed by atoms with van der Waals surface area (Å²) in [5, 5.41) is 14.7. The minimum atomic E-state index is -1.37. The molecule has 0 saturated carbocycles. The lowest BCUT2D eigenvalue weighted by Gasteiger charge is -2.08. The van der Waals surface area contributed by atoms with E-state index in [1.165, 1.54) is 0 Å². The Balaban J connectivity index is 1.85. The van der Waals surface area contributed by atoms with Gasteiger partial charge in [-0.2, -0.15) is 4.91 Å². The van der Waals surface area contributed by atoms with Gasteiger partial charge in [-0.1, -0.05) is 71.8 Å². The Bertz CT molecular complexity index is 1330. The molecule has 0 amide bonds. The molecule has 0 fully saturated rings. The molecule has 0 spiro atoms. The number of benzene rings is 4. The van der Waals surface area contributed by atoms with Crippen molar-refractivity contribution in [1.82, 2.24) is 4.57 Å². The van der Waals surface area contributed by atoms with E-state index in [1.54, 1.807) is 6.07 Å². The highest BCUT2D eigenvalue weighted by Gasteiger charge is 2.19. The van der Waals surface area contributed by atoms with Gasteiger partial charge in [-0.05, 0) is 46.9 Å². The fourth-order valence-corrected chi connectivity index (χ4v) is 3.93. The number of para-hydroxylation sites is 1. The average molecular weight is 376 g/mol. The fourth-order valence-electron chi connectivity index (χ4n) is 3.93. The van der Waals surface area contributed by atoms with Crippen LogP contribution in [0.4, 0.5) is 0 Å². The minimum absolute atomic E-state index is 0.490. The zero-order valence-corrected chi connectivity index (χ0v) is 15.6. The van der Waals surface area contributed by atoms with Crippen LogP contribution in [0.5, 0.6) is 0 Å². The van der Waals surface area contributed by atoms with Crippen LogP contribution in [-0.2, 0) is 0 Å². The van der Waals surface area contributed by atoms with Gasteiger partial charge >= 0.3 is 7.05 Å². The summed E-state index contributed by atoms with van der Waals surface area (Å²) in [7, 11) is -1.37. The molecule has 5 heteroatoms. The topological polar surface area (TPSA) is 54.6 Å². The van der Waals surface area contributed by atoms with Crippen molar-refractivity contribution in [3.8, 4) is 16.8 Å². The van der Waals surface area contributed by atoms with E-state index in [-0.39, 0.29) is 0 Å². The Morgan fingerprint density at radius 3 is 2.00 bits per heavy atom. The van der Waals surface area contributed by atoms with Crippen LogP contribution in [0.1, 0.15) is 0 Å². The second-order valence-corrected chi connectivity index (χ2v) is 7.02. The average Bonchev–Trinajstić information content (AvgIpc) is 3.12.